The van der Waals surface area contributed by atoms with Gasteiger partial charge in [-0.25, -0.2) is 4.79 Å². The molecule has 5 aromatic rings. The molecule has 5 rings (SSSR count). The van der Waals surface area contributed by atoms with Gasteiger partial charge in [0.15, 0.2) is 0 Å². The van der Waals surface area contributed by atoms with E-state index in [9.17, 15) is 4.79 Å². The molecule has 4 nitrogen and oxygen atoms in total. The van der Waals surface area contributed by atoms with E-state index in [1.54, 1.807) is 6.20 Å². The molecule has 0 radical (unpaired) electrons. The number of ether oxygens (including phenoxy) is 1. The van der Waals surface area contributed by atoms with Gasteiger partial charge in [0.1, 0.15) is 6.61 Å². The Hall–Kier alpha value is -3.66. The van der Waals surface area contributed by atoms with Gasteiger partial charge in [-0.2, -0.15) is 0 Å². The summed E-state index contributed by atoms with van der Waals surface area (Å²) in [5.41, 5.74) is 4.53. The Kier molecular flexibility index (Phi) is 3.61. The lowest BCUT2D eigenvalue weighted by molar-refractivity contribution is 0.0472. The average Bonchev–Trinajstić information content (AvgIpc) is 3.21. The third kappa shape index (κ3) is 2.72. The number of carbonyl (C=O) groups is 1. The number of rotatable bonds is 3. The molecule has 0 atom stereocenters. The van der Waals surface area contributed by atoms with Crippen LogP contribution >= 0.6 is 0 Å². The molecule has 0 N–H and O–H groups in total. The van der Waals surface area contributed by atoms with E-state index in [1.165, 1.54) is 0 Å². The summed E-state index contributed by atoms with van der Waals surface area (Å²) in [6.07, 6.45) is 3.63. The van der Waals surface area contributed by atoms with Gasteiger partial charge in [-0.3, -0.25) is 4.98 Å². The lowest BCUT2D eigenvalue weighted by Crippen LogP contribution is -2.05. The van der Waals surface area contributed by atoms with Crippen LogP contribution in [0.4, 0.5) is 0 Å². The maximum absolute atomic E-state index is 12.4. The lowest BCUT2D eigenvalue weighted by atomic mass is 10.1. The molecule has 3 aromatic heterocycles. The van der Waals surface area contributed by atoms with Crippen LogP contribution < -0.4 is 0 Å². The Morgan fingerprint density at radius 3 is 2.74 bits per heavy atom. The Labute approximate surface area is 155 Å². The van der Waals surface area contributed by atoms with Crippen LogP contribution in [0.1, 0.15) is 15.9 Å². The summed E-state index contributed by atoms with van der Waals surface area (Å²) in [6, 6.07) is 23.8. The fourth-order valence-electron chi connectivity index (χ4n) is 3.42. The molecule has 4 heteroatoms. The molecule has 130 valence electrons. The molecule has 0 spiro atoms. The number of esters is 1. The summed E-state index contributed by atoms with van der Waals surface area (Å²) in [5, 5.41) is 1.98. The third-order valence-corrected chi connectivity index (χ3v) is 4.78. The molecular weight excluding hydrogens is 336 g/mol. The predicted molar refractivity (Wildman–Crippen MR) is 106 cm³/mol. The number of aromatic nitrogens is 2. The Morgan fingerprint density at radius 1 is 0.963 bits per heavy atom. The fourth-order valence-corrected chi connectivity index (χ4v) is 3.42. The Balaban J connectivity index is 1.50. The SMILES string of the molecule is O=C(OCc1ccccc1)c1cnc2c(ccc3c2ccc2cccn23)c1. The number of nitrogens with zero attached hydrogens (tertiary/aromatic N) is 2. The zero-order valence-electron chi connectivity index (χ0n) is 14.5. The van der Waals surface area contributed by atoms with Crippen molar-refractivity contribution in [1.82, 2.24) is 9.38 Å². The second-order valence-electron chi connectivity index (χ2n) is 6.49. The fraction of sp³-hybridized carbons (Fsp3) is 0.0435. The molecule has 0 aliphatic heterocycles. The maximum atomic E-state index is 12.4. The van der Waals surface area contributed by atoms with E-state index in [0.717, 1.165) is 32.9 Å². The Morgan fingerprint density at radius 2 is 1.85 bits per heavy atom. The summed E-state index contributed by atoms with van der Waals surface area (Å²) < 4.78 is 7.55. The zero-order chi connectivity index (χ0) is 18.2. The number of carbonyl (C=O) groups excluding carboxylic acids is 1. The molecule has 2 aromatic carbocycles. The minimum absolute atomic E-state index is 0.251. The zero-order valence-corrected chi connectivity index (χ0v) is 14.5. The number of fused-ring (bicyclic) bond motifs is 5. The third-order valence-electron chi connectivity index (χ3n) is 4.78. The van der Waals surface area contributed by atoms with E-state index in [2.05, 4.69) is 33.7 Å². The first-order valence-corrected chi connectivity index (χ1v) is 8.79. The predicted octanol–water partition coefficient (Wildman–Crippen LogP) is 5.00. The molecule has 0 aliphatic rings. The van der Waals surface area contributed by atoms with Crippen LogP contribution in [0.3, 0.4) is 0 Å². The average molecular weight is 352 g/mol. The van der Waals surface area contributed by atoms with Crippen LogP contribution in [0.2, 0.25) is 0 Å². The van der Waals surface area contributed by atoms with Crippen LogP contribution in [-0.4, -0.2) is 15.4 Å². The van der Waals surface area contributed by atoms with Crippen LogP contribution in [0.25, 0.3) is 27.3 Å². The van der Waals surface area contributed by atoms with Crippen molar-refractivity contribution in [2.75, 3.05) is 0 Å². The molecule has 0 fully saturated rings. The van der Waals surface area contributed by atoms with Gasteiger partial charge < -0.3 is 9.14 Å². The van der Waals surface area contributed by atoms with Crippen molar-refractivity contribution in [2.45, 2.75) is 6.61 Å². The van der Waals surface area contributed by atoms with Gasteiger partial charge in [-0.1, -0.05) is 36.4 Å². The first-order valence-electron chi connectivity index (χ1n) is 8.79. The summed E-state index contributed by atoms with van der Waals surface area (Å²) in [6.45, 7) is 0.251. The minimum atomic E-state index is -0.366. The maximum Gasteiger partial charge on any atom is 0.340 e. The molecule has 3 heterocycles. The molecule has 0 saturated heterocycles. The van der Waals surface area contributed by atoms with E-state index in [-0.39, 0.29) is 12.6 Å². The van der Waals surface area contributed by atoms with Gasteiger partial charge in [0, 0.05) is 28.7 Å². The molecule has 0 saturated carbocycles. The van der Waals surface area contributed by atoms with E-state index in [1.807, 2.05) is 54.7 Å². The smallest absolute Gasteiger partial charge is 0.340 e. The van der Waals surface area contributed by atoms with Gasteiger partial charge in [-0.05, 0) is 42.0 Å². The van der Waals surface area contributed by atoms with Gasteiger partial charge in [-0.15, -0.1) is 0 Å². The summed E-state index contributed by atoms with van der Waals surface area (Å²) in [7, 11) is 0. The highest BCUT2D eigenvalue weighted by atomic mass is 16.5. The monoisotopic (exact) mass is 352 g/mol. The minimum Gasteiger partial charge on any atom is -0.457 e. The first kappa shape index (κ1) is 15.6. The van der Waals surface area contributed by atoms with Crippen molar-refractivity contribution >= 4 is 33.3 Å². The standard InChI is InChI=1S/C23H16N2O2/c26-23(27-15-16-5-2-1-3-6-16)18-13-17-8-11-21-20(22(17)24-14-18)10-9-19-7-4-12-25(19)21/h1-14H,15H2. The van der Waals surface area contributed by atoms with E-state index in [4.69, 9.17) is 4.74 Å². The van der Waals surface area contributed by atoms with Crippen molar-refractivity contribution in [1.29, 1.82) is 0 Å². The van der Waals surface area contributed by atoms with Gasteiger partial charge >= 0.3 is 5.97 Å². The van der Waals surface area contributed by atoms with Gasteiger partial charge in [0.25, 0.3) is 0 Å². The first-order chi connectivity index (χ1) is 13.3. The highest BCUT2D eigenvalue weighted by Gasteiger charge is 2.11. The molecule has 0 unspecified atom stereocenters. The van der Waals surface area contributed by atoms with Crippen LogP contribution in [0.5, 0.6) is 0 Å². The van der Waals surface area contributed by atoms with Crippen LogP contribution in [-0.2, 0) is 11.3 Å². The highest BCUT2D eigenvalue weighted by Crippen LogP contribution is 2.26. The number of benzene rings is 2. The number of hydrogen-bond acceptors (Lipinski definition) is 3. The summed E-state index contributed by atoms with van der Waals surface area (Å²) in [5.74, 6) is -0.366. The van der Waals surface area contributed by atoms with Gasteiger partial charge in [0.05, 0.1) is 16.6 Å². The number of pyridine rings is 2. The highest BCUT2D eigenvalue weighted by molar-refractivity contribution is 6.06. The number of hydrogen-bond donors (Lipinski definition) is 0. The Bertz CT molecular complexity index is 1290. The van der Waals surface area contributed by atoms with Crippen molar-refractivity contribution in [3.05, 3.63) is 96.3 Å². The van der Waals surface area contributed by atoms with Crippen molar-refractivity contribution in [3.8, 4) is 0 Å². The second-order valence-corrected chi connectivity index (χ2v) is 6.49. The van der Waals surface area contributed by atoms with Crippen molar-refractivity contribution in [3.63, 3.8) is 0 Å². The lowest BCUT2D eigenvalue weighted by Gasteiger charge is -2.08. The molecular formula is C23H16N2O2. The molecule has 0 amide bonds. The molecule has 0 aliphatic carbocycles. The van der Waals surface area contributed by atoms with E-state index < -0.39 is 0 Å². The molecule has 27 heavy (non-hydrogen) atoms. The normalized spacial score (nSPS) is 11.3. The topological polar surface area (TPSA) is 43.6 Å². The molecule has 0 bridgehead atoms. The van der Waals surface area contributed by atoms with Crippen LogP contribution in [0.15, 0.2) is 85.2 Å². The van der Waals surface area contributed by atoms with Gasteiger partial charge in [0.2, 0.25) is 0 Å². The summed E-state index contributed by atoms with van der Waals surface area (Å²) in [4.78, 5) is 17.0. The van der Waals surface area contributed by atoms with Crippen molar-refractivity contribution < 1.29 is 9.53 Å². The van der Waals surface area contributed by atoms with E-state index >= 15 is 0 Å². The summed E-state index contributed by atoms with van der Waals surface area (Å²) >= 11 is 0. The second kappa shape index (κ2) is 6.25. The largest absolute Gasteiger partial charge is 0.457 e. The quantitative estimate of drug-likeness (QED) is 0.339. The van der Waals surface area contributed by atoms with E-state index in [0.29, 0.717) is 5.56 Å². The van der Waals surface area contributed by atoms with Crippen LogP contribution in [0, 0.1) is 0 Å². The van der Waals surface area contributed by atoms with Crippen molar-refractivity contribution in [2.24, 2.45) is 0 Å².